The summed E-state index contributed by atoms with van der Waals surface area (Å²) in [5.74, 6) is -15.0. The van der Waals surface area contributed by atoms with E-state index in [0.29, 0.717) is 0 Å². The highest BCUT2D eigenvalue weighted by Crippen LogP contribution is 2.33. The van der Waals surface area contributed by atoms with Crippen LogP contribution in [-0.4, -0.2) is 23.0 Å². The van der Waals surface area contributed by atoms with Crippen molar-refractivity contribution in [3.63, 3.8) is 0 Å². The van der Waals surface area contributed by atoms with Gasteiger partial charge in [-0.3, -0.25) is 4.79 Å². The van der Waals surface area contributed by atoms with E-state index in [1.165, 1.54) is 23.5 Å². The number of carbonyl (C=O) groups excluding carboxylic acids is 1. The summed E-state index contributed by atoms with van der Waals surface area (Å²) in [6, 6.07) is 2.46. The van der Waals surface area contributed by atoms with Crippen LogP contribution in [0.1, 0.15) is 64.1 Å². The van der Waals surface area contributed by atoms with Crippen LogP contribution in [0, 0.1) is 17.7 Å². The predicted molar refractivity (Wildman–Crippen MR) is 90.0 cm³/mol. The van der Waals surface area contributed by atoms with E-state index in [4.69, 9.17) is 19.2 Å². The van der Waals surface area contributed by atoms with Gasteiger partial charge in [0, 0.05) is 30.1 Å². The fourth-order valence-corrected chi connectivity index (χ4v) is 1.66. The second-order valence-electron chi connectivity index (χ2n) is 4.88. The summed E-state index contributed by atoms with van der Waals surface area (Å²) >= 11 is 0. The quantitative estimate of drug-likeness (QED) is 0.841. The lowest BCUT2D eigenvalue weighted by Crippen LogP contribution is -2.45. The Morgan fingerprint density at radius 2 is 1.96 bits per heavy atom. The standard InChI is InChI=1S/C19H27NO3/c1-13(2)15-8-10-16(11-9-15)18(21)20-17(19(22)23)12-14-6-4-3-5-7-14/h3-7,13,15-17H,8-12H2,1-2H3,(H,20,21)(H,22,23)/i8D2,9D2,10D2,11D2,12D2,13D,15D,16D,17D. The second-order valence-corrected chi connectivity index (χ2v) is 4.88. The van der Waals surface area contributed by atoms with Crippen molar-refractivity contribution in [3.8, 4) is 0 Å². The lowest BCUT2D eigenvalue weighted by molar-refractivity contribution is -0.142. The molecule has 1 saturated carbocycles. The summed E-state index contributed by atoms with van der Waals surface area (Å²) in [6.07, 6.45) is -19.4. The van der Waals surface area contributed by atoms with Crippen LogP contribution in [0.5, 0.6) is 0 Å². The van der Waals surface area contributed by atoms with Crippen LogP contribution in [0.15, 0.2) is 30.3 Å². The molecule has 2 N–H and O–H groups in total. The van der Waals surface area contributed by atoms with Gasteiger partial charge in [-0.15, -0.1) is 0 Å². The Balaban J connectivity index is 2.84. The van der Waals surface area contributed by atoms with Gasteiger partial charge in [0.05, 0.1) is 1.37 Å². The molecular weight excluding hydrogens is 290 g/mol. The molecule has 1 atom stereocenters. The van der Waals surface area contributed by atoms with Crippen molar-refractivity contribution in [2.24, 2.45) is 17.7 Å². The summed E-state index contributed by atoms with van der Waals surface area (Å²) in [5.41, 5.74) is -0.437. The molecule has 0 aliphatic heterocycles. The Labute approximate surface area is 158 Å². The number of rotatable bonds is 6. The molecule has 4 nitrogen and oxygen atoms in total. The molecule has 23 heavy (non-hydrogen) atoms. The lowest BCUT2D eigenvalue weighted by Gasteiger charge is -2.30. The molecule has 0 bridgehead atoms. The van der Waals surface area contributed by atoms with Crippen molar-refractivity contribution in [2.75, 3.05) is 0 Å². The molecule has 1 unspecified atom stereocenters. The van der Waals surface area contributed by atoms with E-state index >= 15 is 0 Å². The van der Waals surface area contributed by atoms with E-state index < -0.39 is 73.0 Å². The molecule has 0 radical (unpaired) electrons. The molecule has 0 spiro atoms. The van der Waals surface area contributed by atoms with Gasteiger partial charge in [0.25, 0.3) is 0 Å². The highest BCUT2D eigenvalue weighted by atomic mass is 16.4. The maximum Gasteiger partial charge on any atom is 0.326 e. The number of amides is 1. The van der Waals surface area contributed by atoms with Gasteiger partial charge in [0.2, 0.25) is 5.91 Å². The third kappa shape index (κ3) is 5.08. The van der Waals surface area contributed by atoms with Crippen molar-refractivity contribution in [2.45, 2.75) is 51.7 Å². The largest absolute Gasteiger partial charge is 0.480 e. The molecule has 2 rings (SSSR count). The number of hydrogen-bond acceptors (Lipinski definition) is 2. The van der Waals surface area contributed by atoms with Gasteiger partial charge in [-0.2, -0.15) is 0 Å². The zero-order valence-electron chi connectivity index (χ0n) is 26.7. The van der Waals surface area contributed by atoms with Crippen molar-refractivity contribution in [1.29, 1.82) is 0 Å². The van der Waals surface area contributed by atoms with Crippen LogP contribution >= 0.6 is 0 Å². The van der Waals surface area contributed by atoms with Crippen LogP contribution in [0.25, 0.3) is 0 Å². The van der Waals surface area contributed by atoms with Gasteiger partial charge in [-0.1, -0.05) is 44.2 Å². The van der Waals surface area contributed by atoms with Crippen LogP contribution in [-0.2, 0) is 16.0 Å². The number of carboxylic acids is 1. The highest BCUT2D eigenvalue weighted by Gasteiger charge is 2.30. The average molecular weight is 332 g/mol. The molecule has 1 aromatic rings. The third-order valence-corrected chi connectivity index (χ3v) is 2.85. The van der Waals surface area contributed by atoms with E-state index in [-0.39, 0.29) is 0 Å². The molecular formula is C19H27NO3. The normalized spacial score (nSPS) is 49.1. The van der Waals surface area contributed by atoms with E-state index in [1.54, 1.807) is 0 Å². The molecule has 1 fully saturated rings. The lowest BCUT2D eigenvalue weighted by atomic mass is 9.76. The highest BCUT2D eigenvalue weighted by molar-refractivity contribution is 5.85. The molecule has 0 heterocycles. The third-order valence-electron chi connectivity index (χ3n) is 2.85. The smallest absolute Gasteiger partial charge is 0.326 e. The first-order valence-electron chi connectivity index (χ1n) is 13.8. The minimum Gasteiger partial charge on any atom is -0.480 e. The van der Waals surface area contributed by atoms with Crippen LogP contribution in [0.4, 0.5) is 0 Å². The van der Waals surface area contributed by atoms with Crippen molar-refractivity contribution < 1.29 is 33.9 Å². The molecule has 0 saturated heterocycles. The average Bonchev–Trinajstić information content (AvgIpc) is 2.75. The van der Waals surface area contributed by atoms with E-state index in [2.05, 4.69) is 0 Å². The van der Waals surface area contributed by atoms with Crippen molar-refractivity contribution >= 4 is 11.9 Å². The SMILES string of the molecule is [2H]C(C)(C)C1([2H])C([2H])([2H])C([2H])([2H])C([2H])(C(=O)NC([2H])(C(=O)O)C([2H])([2H])c2ccccc2)C([2H])([2H])C1([2H])[2H]. The molecule has 1 aliphatic rings. The number of nitrogens with one attached hydrogen (secondary N) is 1. The molecule has 1 amide bonds. The van der Waals surface area contributed by atoms with Crippen molar-refractivity contribution in [1.82, 2.24) is 5.32 Å². The first-order chi connectivity index (χ1) is 16.2. The zero-order chi connectivity index (χ0) is 29.5. The Kier molecular flexibility index (Phi) is 2.33. The number of aliphatic carboxylic acids is 1. The number of carboxylic acid groups (broad SMARTS) is 1. The number of benzene rings is 1. The Morgan fingerprint density at radius 3 is 2.48 bits per heavy atom. The van der Waals surface area contributed by atoms with Gasteiger partial charge >= 0.3 is 5.97 Å². The van der Waals surface area contributed by atoms with E-state index in [1.807, 2.05) is 0 Å². The van der Waals surface area contributed by atoms with Gasteiger partial charge < -0.3 is 10.4 Å². The summed E-state index contributed by atoms with van der Waals surface area (Å²) in [7, 11) is 0. The molecule has 0 aromatic heterocycles. The van der Waals surface area contributed by atoms with Gasteiger partial charge in [0.1, 0.15) is 6.02 Å². The van der Waals surface area contributed by atoms with Crippen molar-refractivity contribution in [3.05, 3.63) is 35.9 Å². The summed E-state index contributed by atoms with van der Waals surface area (Å²) in [6.45, 7) is 1.68. The van der Waals surface area contributed by atoms with Crippen LogP contribution in [0.3, 0.4) is 0 Å². The summed E-state index contributed by atoms with van der Waals surface area (Å²) in [5, 5.41) is 11.1. The molecule has 126 valence electrons. The molecule has 1 aliphatic carbocycles. The minimum atomic E-state index is -4.21. The maximum absolute atomic E-state index is 13.4. The summed E-state index contributed by atoms with van der Waals surface area (Å²) < 4.78 is 117. The zero-order valence-corrected chi connectivity index (χ0v) is 12.7. The fourth-order valence-electron chi connectivity index (χ4n) is 1.66. The van der Waals surface area contributed by atoms with Gasteiger partial charge in [-0.25, -0.2) is 4.79 Å². The Hall–Kier alpha value is -1.84. The van der Waals surface area contributed by atoms with E-state index in [9.17, 15) is 14.7 Å². The molecule has 4 heteroatoms. The van der Waals surface area contributed by atoms with E-state index in [0.717, 1.165) is 26.0 Å². The first kappa shape index (κ1) is 6.58. The number of carbonyl (C=O) groups is 2. The van der Waals surface area contributed by atoms with Crippen LogP contribution < -0.4 is 5.32 Å². The predicted octanol–water partition coefficient (Wildman–Crippen LogP) is 3.26. The summed E-state index contributed by atoms with van der Waals surface area (Å²) in [4.78, 5) is 25.5. The fraction of sp³-hybridized carbons (Fsp3) is 0.579. The van der Waals surface area contributed by atoms with Crippen LogP contribution in [0.2, 0.25) is 0 Å². The van der Waals surface area contributed by atoms with Gasteiger partial charge in [0.15, 0.2) is 0 Å². The minimum absolute atomic E-state index is 0.437. The first-order valence-corrected chi connectivity index (χ1v) is 6.79. The molecule has 1 aromatic carbocycles. The monoisotopic (exact) mass is 331 g/mol. The maximum atomic E-state index is 13.4. The Morgan fingerprint density at radius 1 is 1.35 bits per heavy atom. The second kappa shape index (κ2) is 8.14. The Bertz CT molecular complexity index is 1060. The van der Waals surface area contributed by atoms with Gasteiger partial charge in [-0.05, 0) is 42.8 Å². The topological polar surface area (TPSA) is 66.4 Å². The number of hydrogen-bond donors (Lipinski definition) is 2.